The number of likely N-dealkylation sites (N-methyl/N-ethyl adjacent to an activating group) is 1. The Hall–Kier alpha value is -1.13. The van der Waals surface area contributed by atoms with Gasteiger partial charge in [-0.3, -0.25) is 4.90 Å². The number of rotatable bonds is 3. The highest BCUT2D eigenvalue weighted by atomic mass is 16.5. The predicted octanol–water partition coefficient (Wildman–Crippen LogP) is 1.27. The van der Waals surface area contributed by atoms with Crippen molar-refractivity contribution in [3.63, 3.8) is 0 Å². The molecular formula is C12H19N3O. The summed E-state index contributed by atoms with van der Waals surface area (Å²) in [6.07, 6.45) is 3.19. The number of hydrogen-bond acceptors (Lipinski definition) is 4. The molecule has 2 atom stereocenters. The van der Waals surface area contributed by atoms with Crippen LogP contribution < -0.4 is 5.73 Å². The van der Waals surface area contributed by atoms with Crippen molar-refractivity contribution in [1.82, 2.24) is 9.88 Å². The molecule has 1 saturated heterocycles. The summed E-state index contributed by atoms with van der Waals surface area (Å²) in [5, 5.41) is 0. The molecular weight excluding hydrogens is 202 g/mol. The molecule has 1 aliphatic rings. The van der Waals surface area contributed by atoms with Gasteiger partial charge >= 0.3 is 0 Å². The smallest absolute Gasteiger partial charge is 0.123 e. The zero-order chi connectivity index (χ0) is 11.5. The van der Waals surface area contributed by atoms with Crippen LogP contribution in [0.25, 0.3) is 0 Å². The molecule has 1 aliphatic heterocycles. The third-order valence-corrected chi connectivity index (χ3v) is 3.18. The average molecular weight is 221 g/mol. The van der Waals surface area contributed by atoms with E-state index in [0.29, 0.717) is 18.0 Å². The molecule has 88 valence electrons. The van der Waals surface area contributed by atoms with Crippen molar-refractivity contribution in [3.8, 4) is 0 Å². The van der Waals surface area contributed by atoms with Crippen molar-refractivity contribution in [1.29, 1.82) is 0 Å². The molecule has 0 radical (unpaired) electrons. The first-order valence-corrected chi connectivity index (χ1v) is 5.69. The minimum Gasteiger partial charge on any atom is -0.384 e. The van der Waals surface area contributed by atoms with Gasteiger partial charge in [0.1, 0.15) is 5.82 Å². The lowest BCUT2D eigenvalue weighted by Crippen LogP contribution is -2.36. The number of nitrogens with two attached hydrogens (primary N) is 1. The van der Waals surface area contributed by atoms with E-state index in [9.17, 15) is 0 Å². The number of nitrogen functional groups attached to an aromatic ring is 1. The van der Waals surface area contributed by atoms with Gasteiger partial charge in [-0.05, 0) is 38.1 Å². The van der Waals surface area contributed by atoms with Crippen LogP contribution in [0.5, 0.6) is 0 Å². The minimum atomic E-state index is 0.323. The highest BCUT2D eigenvalue weighted by Gasteiger charge is 2.27. The van der Waals surface area contributed by atoms with E-state index in [2.05, 4.69) is 23.9 Å². The van der Waals surface area contributed by atoms with Crippen LogP contribution in [-0.2, 0) is 11.3 Å². The van der Waals surface area contributed by atoms with Crippen LogP contribution in [0, 0.1) is 0 Å². The Bertz CT molecular complexity index is 356. The standard InChI is InChI=1S/C12H19N3O/c1-9-11(4-6-16-9)15(2)8-10-3-5-14-12(13)7-10/h3,5,7,9,11H,4,6,8H2,1-2H3,(H2,13,14). The fourth-order valence-electron chi connectivity index (χ4n) is 2.30. The van der Waals surface area contributed by atoms with E-state index >= 15 is 0 Å². The van der Waals surface area contributed by atoms with Crippen LogP contribution in [-0.4, -0.2) is 35.7 Å². The number of ether oxygens (including phenoxy) is 1. The normalized spacial score (nSPS) is 25.2. The Morgan fingerprint density at radius 3 is 3.06 bits per heavy atom. The molecule has 0 bridgehead atoms. The van der Waals surface area contributed by atoms with Crippen LogP contribution >= 0.6 is 0 Å². The maximum atomic E-state index is 5.66. The summed E-state index contributed by atoms with van der Waals surface area (Å²) in [4.78, 5) is 6.32. The molecule has 4 nitrogen and oxygen atoms in total. The topological polar surface area (TPSA) is 51.4 Å². The van der Waals surface area contributed by atoms with Gasteiger partial charge in [0.05, 0.1) is 6.10 Å². The number of nitrogens with zero attached hydrogens (tertiary/aromatic N) is 2. The molecule has 4 heteroatoms. The number of anilines is 1. The second kappa shape index (κ2) is 4.80. The molecule has 2 heterocycles. The third-order valence-electron chi connectivity index (χ3n) is 3.18. The molecule has 0 aliphatic carbocycles. The second-order valence-corrected chi connectivity index (χ2v) is 4.44. The van der Waals surface area contributed by atoms with E-state index in [1.54, 1.807) is 6.20 Å². The second-order valence-electron chi connectivity index (χ2n) is 4.44. The van der Waals surface area contributed by atoms with Gasteiger partial charge in [0.2, 0.25) is 0 Å². The average Bonchev–Trinajstić information content (AvgIpc) is 2.64. The minimum absolute atomic E-state index is 0.323. The fraction of sp³-hybridized carbons (Fsp3) is 0.583. The molecule has 0 spiro atoms. The lowest BCUT2D eigenvalue weighted by atomic mass is 10.1. The highest BCUT2D eigenvalue weighted by molar-refractivity contribution is 5.31. The molecule has 1 fully saturated rings. The molecule has 2 N–H and O–H groups in total. The van der Waals surface area contributed by atoms with Crippen LogP contribution in [0.4, 0.5) is 5.82 Å². The van der Waals surface area contributed by atoms with Gasteiger partial charge in [0.25, 0.3) is 0 Å². The zero-order valence-corrected chi connectivity index (χ0v) is 9.89. The summed E-state index contributed by atoms with van der Waals surface area (Å²) in [6.45, 7) is 3.90. The van der Waals surface area contributed by atoms with Gasteiger partial charge in [-0.2, -0.15) is 0 Å². The molecule has 2 rings (SSSR count). The van der Waals surface area contributed by atoms with Crippen molar-refractivity contribution >= 4 is 5.82 Å². The molecule has 0 saturated carbocycles. The van der Waals surface area contributed by atoms with Crippen LogP contribution in [0.1, 0.15) is 18.9 Å². The number of pyridine rings is 1. The Labute approximate surface area is 96.4 Å². The Kier molecular flexibility index (Phi) is 3.41. The quantitative estimate of drug-likeness (QED) is 0.835. The highest BCUT2D eigenvalue weighted by Crippen LogP contribution is 2.20. The molecule has 2 unspecified atom stereocenters. The first kappa shape index (κ1) is 11.4. The largest absolute Gasteiger partial charge is 0.384 e. The summed E-state index contributed by atoms with van der Waals surface area (Å²) in [7, 11) is 2.13. The third kappa shape index (κ3) is 2.51. The monoisotopic (exact) mass is 221 g/mol. The van der Waals surface area contributed by atoms with Crippen LogP contribution in [0.15, 0.2) is 18.3 Å². The predicted molar refractivity (Wildman–Crippen MR) is 63.9 cm³/mol. The molecule has 1 aromatic rings. The van der Waals surface area contributed by atoms with Gasteiger partial charge in [-0.25, -0.2) is 4.98 Å². The summed E-state index contributed by atoms with van der Waals surface area (Å²) >= 11 is 0. The Balaban J connectivity index is 1.99. The van der Waals surface area contributed by atoms with Crippen molar-refractivity contribution < 1.29 is 4.74 Å². The maximum absolute atomic E-state index is 5.66. The SMILES string of the molecule is CC1OCCC1N(C)Cc1ccnc(N)c1. The summed E-state index contributed by atoms with van der Waals surface area (Å²) in [5.41, 5.74) is 6.86. The fourth-order valence-corrected chi connectivity index (χ4v) is 2.30. The van der Waals surface area contributed by atoms with Crippen molar-refractivity contribution in [2.24, 2.45) is 0 Å². The van der Waals surface area contributed by atoms with E-state index in [1.165, 1.54) is 5.56 Å². The van der Waals surface area contributed by atoms with Crippen molar-refractivity contribution in [3.05, 3.63) is 23.9 Å². The van der Waals surface area contributed by atoms with E-state index in [-0.39, 0.29) is 0 Å². The van der Waals surface area contributed by atoms with E-state index < -0.39 is 0 Å². The number of hydrogen-bond donors (Lipinski definition) is 1. The lowest BCUT2D eigenvalue weighted by molar-refractivity contribution is 0.0814. The van der Waals surface area contributed by atoms with Crippen LogP contribution in [0.3, 0.4) is 0 Å². The zero-order valence-electron chi connectivity index (χ0n) is 9.89. The molecule has 0 amide bonds. The van der Waals surface area contributed by atoms with Gasteiger partial charge in [-0.15, -0.1) is 0 Å². The van der Waals surface area contributed by atoms with Crippen molar-refractivity contribution in [2.75, 3.05) is 19.4 Å². The summed E-state index contributed by atoms with van der Waals surface area (Å²) < 4.78 is 5.57. The summed E-state index contributed by atoms with van der Waals surface area (Å²) in [6, 6.07) is 4.44. The van der Waals surface area contributed by atoms with Gasteiger partial charge in [0, 0.05) is 25.4 Å². The van der Waals surface area contributed by atoms with E-state index in [0.717, 1.165) is 19.6 Å². The molecule has 0 aromatic carbocycles. The van der Waals surface area contributed by atoms with Crippen LogP contribution in [0.2, 0.25) is 0 Å². The van der Waals surface area contributed by atoms with E-state index in [4.69, 9.17) is 10.5 Å². The van der Waals surface area contributed by atoms with Gasteiger partial charge < -0.3 is 10.5 Å². The Morgan fingerprint density at radius 1 is 1.62 bits per heavy atom. The number of aromatic nitrogens is 1. The maximum Gasteiger partial charge on any atom is 0.123 e. The van der Waals surface area contributed by atoms with Gasteiger partial charge in [0.15, 0.2) is 0 Å². The lowest BCUT2D eigenvalue weighted by Gasteiger charge is -2.26. The van der Waals surface area contributed by atoms with Crippen molar-refractivity contribution in [2.45, 2.75) is 32.0 Å². The van der Waals surface area contributed by atoms with Gasteiger partial charge in [-0.1, -0.05) is 0 Å². The Morgan fingerprint density at radius 2 is 2.44 bits per heavy atom. The first-order valence-electron chi connectivity index (χ1n) is 5.69. The molecule has 1 aromatic heterocycles. The summed E-state index contributed by atoms with van der Waals surface area (Å²) in [5.74, 6) is 0.585. The first-order chi connectivity index (χ1) is 7.66. The molecule has 16 heavy (non-hydrogen) atoms. The van der Waals surface area contributed by atoms with E-state index in [1.807, 2.05) is 12.1 Å².